The van der Waals surface area contributed by atoms with Gasteiger partial charge in [-0.1, -0.05) is 36.4 Å². The Labute approximate surface area is 149 Å². The van der Waals surface area contributed by atoms with Gasteiger partial charge in [0.1, 0.15) is 0 Å². The highest BCUT2D eigenvalue weighted by atomic mass is 32.2. The number of benzene rings is 2. The van der Waals surface area contributed by atoms with Crippen LogP contribution in [-0.4, -0.2) is 20.9 Å². The summed E-state index contributed by atoms with van der Waals surface area (Å²) in [4.78, 5) is 12.2. The number of aryl methyl sites for hydroxylation is 2. The number of carbonyl (C=O) groups excluding carboxylic acids is 1. The van der Waals surface area contributed by atoms with Crippen molar-refractivity contribution in [3.05, 3.63) is 65.2 Å². The molecular weight excluding hydrogens is 336 g/mol. The van der Waals surface area contributed by atoms with Gasteiger partial charge in [-0.25, -0.2) is 13.1 Å². The van der Waals surface area contributed by atoms with Crippen LogP contribution in [0.1, 0.15) is 36.1 Å². The first-order valence-electron chi connectivity index (χ1n) is 8.21. The molecule has 2 N–H and O–H groups in total. The van der Waals surface area contributed by atoms with Crippen molar-refractivity contribution < 1.29 is 13.2 Å². The van der Waals surface area contributed by atoms with E-state index in [0.717, 1.165) is 16.7 Å². The van der Waals surface area contributed by atoms with E-state index in [1.54, 1.807) is 18.2 Å². The minimum atomic E-state index is -3.61. The second-order valence-corrected chi connectivity index (χ2v) is 7.86. The maximum atomic E-state index is 12.3. The van der Waals surface area contributed by atoms with Gasteiger partial charge in [-0.15, -0.1) is 0 Å². The average molecular weight is 360 g/mol. The zero-order chi connectivity index (χ0) is 18.4. The third kappa shape index (κ3) is 5.41. The van der Waals surface area contributed by atoms with Crippen molar-refractivity contribution in [3.8, 4) is 0 Å². The lowest BCUT2D eigenvalue weighted by atomic mass is 10.1. The molecule has 2 rings (SSSR count). The van der Waals surface area contributed by atoms with Gasteiger partial charge in [0, 0.05) is 13.0 Å². The maximum Gasteiger partial charge on any atom is 0.240 e. The largest absolute Gasteiger partial charge is 0.350 e. The Kier molecular flexibility index (Phi) is 6.33. The molecule has 0 bridgehead atoms. The van der Waals surface area contributed by atoms with Gasteiger partial charge in [0.25, 0.3) is 0 Å². The van der Waals surface area contributed by atoms with Crippen molar-refractivity contribution in [3.63, 3.8) is 0 Å². The fraction of sp³-hybridized carbons (Fsp3) is 0.316. The lowest BCUT2D eigenvalue weighted by Gasteiger charge is -2.14. The summed E-state index contributed by atoms with van der Waals surface area (Å²) in [6, 6.07) is 14.5. The van der Waals surface area contributed by atoms with Crippen LogP contribution in [0, 0.1) is 13.8 Å². The predicted octanol–water partition coefficient (Wildman–Crippen LogP) is 2.85. The van der Waals surface area contributed by atoms with E-state index in [4.69, 9.17) is 0 Å². The van der Waals surface area contributed by atoms with Gasteiger partial charge in [-0.05, 0) is 49.6 Å². The fourth-order valence-corrected chi connectivity index (χ4v) is 3.52. The van der Waals surface area contributed by atoms with Gasteiger partial charge >= 0.3 is 0 Å². The van der Waals surface area contributed by atoms with Gasteiger partial charge < -0.3 is 5.32 Å². The molecule has 0 spiro atoms. The molecule has 0 saturated heterocycles. The SMILES string of the molecule is Cc1ccc(S(=O)(=O)NCCC(=O)NC(C)c2ccccc2)cc1C. The second-order valence-electron chi connectivity index (χ2n) is 6.09. The van der Waals surface area contributed by atoms with E-state index in [9.17, 15) is 13.2 Å². The molecule has 0 aromatic heterocycles. The monoisotopic (exact) mass is 360 g/mol. The molecule has 6 heteroatoms. The lowest BCUT2D eigenvalue weighted by molar-refractivity contribution is -0.121. The topological polar surface area (TPSA) is 75.3 Å². The van der Waals surface area contributed by atoms with E-state index in [0.29, 0.717) is 0 Å². The highest BCUT2D eigenvalue weighted by Gasteiger charge is 2.15. The molecule has 2 aromatic carbocycles. The quantitative estimate of drug-likeness (QED) is 0.797. The van der Waals surface area contributed by atoms with Crippen LogP contribution in [0.2, 0.25) is 0 Å². The van der Waals surface area contributed by atoms with Gasteiger partial charge in [0.05, 0.1) is 10.9 Å². The summed E-state index contributed by atoms with van der Waals surface area (Å²) in [5.74, 6) is -0.195. The number of amides is 1. The van der Waals surface area contributed by atoms with Gasteiger partial charge in [0.15, 0.2) is 0 Å². The van der Waals surface area contributed by atoms with Gasteiger partial charge in [-0.3, -0.25) is 4.79 Å². The summed E-state index contributed by atoms with van der Waals surface area (Å²) in [5.41, 5.74) is 2.96. The molecule has 0 heterocycles. The Bertz CT molecular complexity index is 833. The molecule has 2 aromatic rings. The summed E-state index contributed by atoms with van der Waals surface area (Å²) in [7, 11) is -3.61. The molecule has 1 atom stereocenters. The van der Waals surface area contributed by atoms with E-state index in [-0.39, 0.29) is 29.8 Å². The van der Waals surface area contributed by atoms with Gasteiger partial charge in [0.2, 0.25) is 15.9 Å². The van der Waals surface area contributed by atoms with Crippen molar-refractivity contribution in [1.82, 2.24) is 10.0 Å². The number of hydrogen-bond acceptors (Lipinski definition) is 3. The van der Waals surface area contributed by atoms with Crippen molar-refractivity contribution in [2.75, 3.05) is 6.54 Å². The minimum Gasteiger partial charge on any atom is -0.350 e. The van der Waals surface area contributed by atoms with E-state index in [1.807, 2.05) is 51.1 Å². The first-order valence-corrected chi connectivity index (χ1v) is 9.69. The molecule has 134 valence electrons. The lowest BCUT2D eigenvalue weighted by Crippen LogP contribution is -2.32. The molecule has 0 aliphatic heterocycles. The van der Waals surface area contributed by atoms with Crippen molar-refractivity contribution in [2.45, 2.75) is 38.1 Å². The third-order valence-electron chi connectivity index (χ3n) is 4.11. The minimum absolute atomic E-state index is 0.0581. The highest BCUT2D eigenvalue weighted by Crippen LogP contribution is 2.14. The second kappa shape index (κ2) is 8.27. The number of nitrogens with one attached hydrogen (secondary N) is 2. The molecule has 5 nitrogen and oxygen atoms in total. The van der Waals surface area contributed by atoms with E-state index in [2.05, 4.69) is 10.0 Å². The fourth-order valence-electron chi connectivity index (χ4n) is 2.40. The van der Waals surface area contributed by atoms with Crippen molar-refractivity contribution in [1.29, 1.82) is 0 Å². The number of rotatable bonds is 7. The number of hydrogen-bond donors (Lipinski definition) is 2. The maximum absolute atomic E-state index is 12.3. The summed E-state index contributed by atoms with van der Waals surface area (Å²) in [5, 5.41) is 2.87. The summed E-state index contributed by atoms with van der Waals surface area (Å²) < 4.78 is 27.0. The van der Waals surface area contributed by atoms with E-state index in [1.165, 1.54) is 0 Å². The summed E-state index contributed by atoms with van der Waals surface area (Å²) >= 11 is 0. The van der Waals surface area contributed by atoms with Crippen LogP contribution in [-0.2, 0) is 14.8 Å². The van der Waals surface area contributed by atoms with Crippen LogP contribution in [0.15, 0.2) is 53.4 Å². The van der Waals surface area contributed by atoms with Crippen LogP contribution in [0.5, 0.6) is 0 Å². The zero-order valence-corrected chi connectivity index (χ0v) is 15.6. The Hall–Kier alpha value is -2.18. The van der Waals surface area contributed by atoms with Gasteiger partial charge in [-0.2, -0.15) is 0 Å². The van der Waals surface area contributed by atoms with Crippen LogP contribution >= 0.6 is 0 Å². The van der Waals surface area contributed by atoms with Crippen molar-refractivity contribution >= 4 is 15.9 Å². The molecule has 1 amide bonds. The molecule has 0 aliphatic rings. The molecular formula is C19H24N2O3S. The smallest absolute Gasteiger partial charge is 0.240 e. The molecule has 1 unspecified atom stereocenters. The number of sulfonamides is 1. The first-order chi connectivity index (χ1) is 11.8. The Balaban J connectivity index is 1.86. The Morgan fingerprint density at radius 2 is 1.72 bits per heavy atom. The Morgan fingerprint density at radius 3 is 2.36 bits per heavy atom. The average Bonchev–Trinajstić information content (AvgIpc) is 2.57. The first kappa shape index (κ1) is 19.1. The highest BCUT2D eigenvalue weighted by molar-refractivity contribution is 7.89. The third-order valence-corrected chi connectivity index (χ3v) is 5.57. The van der Waals surface area contributed by atoms with E-state index >= 15 is 0 Å². The molecule has 0 fully saturated rings. The molecule has 0 aliphatic carbocycles. The van der Waals surface area contributed by atoms with E-state index < -0.39 is 10.0 Å². The van der Waals surface area contributed by atoms with Crippen LogP contribution in [0.3, 0.4) is 0 Å². The van der Waals surface area contributed by atoms with Crippen LogP contribution in [0.4, 0.5) is 0 Å². The molecule has 0 saturated carbocycles. The van der Waals surface area contributed by atoms with Crippen LogP contribution in [0.25, 0.3) is 0 Å². The normalized spacial score (nSPS) is 12.6. The molecule has 0 radical (unpaired) electrons. The predicted molar refractivity (Wildman–Crippen MR) is 98.7 cm³/mol. The summed E-state index contributed by atoms with van der Waals surface area (Å²) in [6.45, 7) is 5.75. The number of carbonyl (C=O) groups is 1. The molecule has 25 heavy (non-hydrogen) atoms. The van der Waals surface area contributed by atoms with Crippen LogP contribution < -0.4 is 10.0 Å². The van der Waals surface area contributed by atoms with Crippen molar-refractivity contribution in [2.24, 2.45) is 0 Å². The standard InChI is InChI=1S/C19H24N2O3S/c1-14-9-10-18(13-15(14)2)25(23,24)20-12-11-19(22)21-16(3)17-7-5-4-6-8-17/h4-10,13,16,20H,11-12H2,1-3H3,(H,21,22). The summed E-state index contributed by atoms with van der Waals surface area (Å²) in [6.07, 6.45) is 0.0846. The zero-order valence-electron chi connectivity index (χ0n) is 14.7. The Morgan fingerprint density at radius 1 is 1.04 bits per heavy atom.